The normalized spacial score (nSPS) is 14.3. The molecule has 1 aliphatic carbocycles. The third-order valence-electron chi connectivity index (χ3n) is 6.91. The van der Waals surface area contributed by atoms with E-state index in [9.17, 15) is 4.79 Å². The molecule has 0 radical (unpaired) electrons. The van der Waals surface area contributed by atoms with Crippen molar-refractivity contribution in [2.24, 2.45) is 5.10 Å². The summed E-state index contributed by atoms with van der Waals surface area (Å²) in [5, 5.41) is 5.21. The molecular formula is C30H29Br2N3O3. The number of methoxy groups -OCH3 is 1. The Balaban J connectivity index is 1.49. The molecule has 4 aromatic rings. The summed E-state index contributed by atoms with van der Waals surface area (Å²) in [6.45, 7) is 2.49. The van der Waals surface area contributed by atoms with Crippen LogP contribution >= 0.6 is 31.9 Å². The molecule has 0 spiro atoms. The summed E-state index contributed by atoms with van der Waals surface area (Å²) in [4.78, 5) is 18.5. The first-order chi connectivity index (χ1) is 18.4. The number of rotatable bonds is 7. The summed E-state index contributed by atoms with van der Waals surface area (Å²) in [5.74, 6) is 2.13. The van der Waals surface area contributed by atoms with Gasteiger partial charge in [0, 0.05) is 20.4 Å². The minimum Gasteiger partial charge on any atom is -0.493 e. The van der Waals surface area contributed by atoms with Crippen LogP contribution in [0, 0.1) is 6.92 Å². The lowest BCUT2D eigenvalue weighted by atomic mass is 9.88. The minimum absolute atomic E-state index is 0.172. The van der Waals surface area contributed by atoms with Crippen LogP contribution in [0.4, 0.5) is 0 Å². The van der Waals surface area contributed by atoms with Crippen molar-refractivity contribution in [3.8, 4) is 11.5 Å². The number of hydrogen-bond donors (Lipinski definition) is 0. The van der Waals surface area contributed by atoms with Crippen LogP contribution in [-0.4, -0.2) is 23.0 Å². The zero-order valence-corrected chi connectivity index (χ0v) is 24.6. The summed E-state index contributed by atoms with van der Waals surface area (Å²) in [7, 11) is 1.61. The molecule has 0 bridgehead atoms. The molecule has 196 valence electrons. The van der Waals surface area contributed by atoms with Crippen molar-refractivity contribution < 1.29 is 9.47 Å². The summed E-state index contributed by atoms with van der Waals surface area (Å²) in [5.41, 5.74) is 3.57. The molecule has 0 amide bonds. The van der Waals surface area contributed by atoms with Crippen LogP contribution in [0.1, 0.15) is 60.5 Å². The molecule has 0 atom stereocenters. The van der Waals surface area contributed by atoms with Gasteiger partial charge >= 0.3 is 0 Å². The highest BCUT2D eigenvalue weighted by Gasteiger charge is 2.22. The van der Waals surface area contributed by atoms with Gasteiger partial charge in [-0.05, 0) is 71.6 Å². The molecule has 38 heavy (non-hydrogen) atoms. The monoisotopic (exact) mass is 637 g/mol. The first-order valence-electron chi connectivity index (χ1n) is 12.8. The third-order valence-corrected chi connectivity index (χ3v) is 8.09. The molecule has 1 saturated carbocycles. The topological polar surface area (TPSA) is 65.7 Å². The Morgan fingerprint density at radius 2 is 1.79 bits per heavy atom. The standard InChI is InChI=1S/C30H29Br2N3O3/c1-19-8-10-20(11-9-19)18-38-28-16-25(32)22(14-27(28)37-2)17-33-35-29(21-6-4-3-5-7-21)34-26-13-12-23(31)15-24(26)30(35)36/h8-17,21H,3-7,18H2,1-2H3. The van der Waals surface area contributed by atoms with E-state index in [0.29, 0.717) is 29.0 Å². The first kappa shape index (κ1) is 26.6. The van der Waals surface area contributed by atoms with E-state index in [1.165, 1.54) is 16.7 Å². The van der Waals surface area contributed by atoms with E-state index in [1.807, 2.05) is 24.3 Å². The van der Waals surface area contributed by atoms with E-state index in [0.717, 1.165) is 51.6 Å². The number of hydrogen-bond acceptors (Lipinski definition) is 5. The molecule has 5 rings (SSSR count). The van der Waals surface area contributed by atoms with Crippen LogP contribution in [0.15, 0.2) is 73.4 Å². The van der Waals surface area contributed by atoms with Crippen LogP contribution in [0.2, 0.25) is 0 Å². The molecule has 6 nitrogen and oxygen atoms in total. The Kier molecular flexibility index (Phi) is 8.29. The van der Waals surface area contributed by atoms with Gasteiger partial charge in [0.15, 0.2) is 11.5 Å². The van der Waals surface area contributed by atoms with Gasteiger partial charge in [0.1, 0.15) is 12.4 Å². The van der Waals surface area contributed by atoms with Gasteiger partial charge in [0.2, 0.25) is 0 Å². The van der Waals surface area contributed by atoms with Crippen molar-refractivity contribution in [2.75, 3.05) is 7.11 Å². The molecule has 8 heteroatoms. The van der Waals surface area contributed by atoms with Gasteiger partial charge < -0.3 is 9.47 Å². The number of halogens is 2. The Labute approximate surface area is 239 Å². The zero-order chi connectivity index (χ0) is 26.6. The van der Waals surface area contributed by atoms with Gasteiger partial charge in [-0.3, -0.25) is 4.79 Å². The van der Waals surface area contributed by atoms with Gasteiger partial charge in [0.05, 0.1) is 24.2 Å². The van der Waals surface area contributed by atoms with Gasteiger partial charge in [-0.1, -0.05) is 65.0 Å². The number of fused-ring (bicyclic) bond motifs is 1. The van der Waals surface area contributed by atoms with Crippen LogP contribution in [-0.2, 0) is 6.61 Å². The third kappa shape index (κ3) is 5.86. The Morgan fingerprint density at radius 3 is 2.53 bits per heavy atom. The van der Waals surface area contributed by atoms with Crippen LogP contribution < -0.4 is 15.0 Å². The fourth-order valence-corrected chi connectivity index (χ4v) is 5.58. The second-order valence-corrected chi connectivity index (χ2v) is 11.4. The lowest BCUT2D eigenvalue weighted by molar-refractivity contribution is 0.284. The van der Waals surface area contributed by atoms with E-state index in [-0.39, 0.29) is 11.5 Å². The van der Waals surface area contributed by atoms with E-state index in [2.05, 4.69) is 68.2 Å². The van der Waals surface area contributed by atoms with Gasteiger partial charge in [-0.15, -0.1) is 0 Å². The lowest BCUT2D eigenvalue weighted by Gasteiger charge is -2.22. The number of benzene rings is 3. The maximum Gasteiger partial charge on any atom is 0.282 e. The smallest absolute Gasteiger partial charge is 0.282 e. The highest BCUT2D eigenvalue weighted by atomic mass is 79.9. The summed E-state index contributed by atoms with van der Waals surface area (Å²) >= 11 is 7.13. The van der Waals surface area contributed by atoms with Crippen molar-refractivity contribution in [3.63, 3.8) is 0 Å². The number of aromatic nitrogens is 2. The molecular weight excluding hydrogens is 610 g/mol. The summed E-state index contributed by atoms with van der Waals surface area (Å²) < 4.78 is 14.8. The van der Waals surface area contributed by atoms with Crippen molar-refractivity contribution >= 4 is 49.0 Å². The van der Waals surface area contributed by atoms with E-state index >= 15 is 0 Å². The molecule has 1 aliphatic rings. The fraction of sp³-hybridized carbons (Fsp3) is 0.300. The van der Waals surface area contributed by atoms with E-state index < -0.39 is 0 Å². The second-order valence-electron chi connectivity index (χ2n) is 9.63. The quantitative estimate of drug-likeness (QED) is 0.194. The molecule has 0 saturated heterocycles. The predicted molar refractivity (Wildman–Crippen MR) is 159 cm³/mol. The molecule has 0 unspecified atom stereocenters. The first-order valence-corrected chi connectivity index (χ1v) is 14.3. The summed E-state index contributed by atoms with van der Waals surface area (Å²) in [6, 6.07) is 17.6. The highest BCUT2D eigenvalue weighted by Crippen LogP contribution is 2.34. The Hall–Kier alpha value is -2.97. The van der Waals surface area contributed by atoms with Gasteiger partial charge in [-0.25, -0.2) is 4.98 Å². The lowest BCUT2D eigenvalue weighted by Crippen LogP contribution is -2.25. The number of nitrogens with zero attached hydrogens (tertiary/aromatic N) is 3. The Morgan fingerprint density at radius 1 is 1.03 bits per heavy atom. The van der Waals surface area contributed by atoms with Crippen molar-refractivity contribution in [1.29, 1.82) is 0 Å². The zero-order valence-electron chi connectivity index (χ0n) is 21.4. The summed E-state index contributed by atoms with van der Waals surface area (Å²) in [6.07, 6.45) is 7.18. The average molecular weight is 639 g/mol. The fourth-order valence-electron chi connectivity index (χ4n) is 4.79. The molecule has 0 aliphatic heterocycles. The number of aryl methyl sites for hydroxylation is 1. The SMILES string of the molecule is COc1cc(C=Nn2c(C3CCCCC3)nc3ccc(Br)cc3c2=O)c(Br)cc1OCc1ccc(C)cc1. The molecule has 3 aromatic carbocycles. The van der Waals surface area contributed by atoms with Crippen molar-refractivity contribution in [2.45, 2.75) is 51.6 Å². The molecule has 0 N–H and O–H groups in total. The maximum atomic E-state index is 13.6. The Bertz CT molecular complexity index is 1540. The van der Waals surface area contributed by atoms with Gasteiger partial charge in [0.25, 0.3) is 5.56 Å². The predicted octanol–water partition coefficient (Wildman–Crippen LogP) is 7.75. The highest BCUT2D eigenvalue weighted by molar-refractivity contribution is 9.10. The van der Waals surface area contributed by atoms with Crippen molar-refractivity contribution in [3.05, 3.63) is 96.4 Å². The van der Waals surface area contributed by atoms with Crippen LogP contribution in [0.5, 0.6) is 11.5 Å². The van der Waals surface area contributed by atoms with Crippen LogP contribution in [0.3, 0.4) is 0 Å². The van der Waals surface area contributed by atoms with Gasteiger partial charge in [-0.2, -0.15) is 9.78 Å². The number of ether oxygens (including phenoxy) is 2. The van der Waals surface area contributed by atoms with E-state index in [4.69, 9.17) is 14.5 Å². The average Bonchev–Trinajstić information content (AvgIpc) is 2.93. The minimum atomic E-state index is -0.172. The largest absolute Gasteiger partial charge is 0.493 e. The molecule has 1 aromatic heterocycles. The molecule has 1 heterocycles. The maximum absolute atomic E-state index is 13.6. The van der Waals surface area contributed by atoms with E-state index in [1.54, 1.807) is 19.4 Å². The van der Waals surface area contributed by atoms with Crippen LogP contribution in [0.25, 0.3) is 10.9 Å². The second kappa shape index (κ2) is 11.8. The van der Waals surface area contributed by atoms with Crippen molar-refractivity contribution in [1.82, 2.24) is 9.66 Å². The molecule has 1 fully saturated rings.